The fraction of sp³-hybridized carbons (Fsp3) is 0.375. The van der Waals surface area contributed by atoms with Gasteiger partial charge in [0.25, 0.3) is 0 Å². The first kappa shape index (κ1) is 24.2. The van der Waals surface area contributed by atoms with Gasteiger partial charge in [-0.3, -0.25) is 10.2 Å². The molecule has 0 aromatic heterocycles. The molecule has 0 spiro atoms. The number of carbonyl (C=O) groups is 1. The van der Waals surface area contributed by atoms with Crippen LogP contribution in [0, 0.1) is 5.92 Å². The van der Waals surface area contributed by atoms with Gasteiger partial charge in [0.05, 0.1) is 30.3 Å². The zero-order valence-corrected chi connectivity index (χ0v) is 20.7. The van der Waals surface area contributed by atoms with E-state index in [0.29, 0.717) is 32.5 Å². The summed E-state index contributed by atoms with van der Waals surface area (Å²) in [6.07, 6.45) is 3.90. The molecule has 1 aliphatic heterocycles. The van der Waals surface area contributed by atoms with Crippen LogP contribution in [0.25, 0.3) is 0 Å². The third-order valence-electron chi connectivity index (χ3n) is 6.56. The molecule has 1 aliphatic carbocycles. The summed E-state index contributed by atoms with van der Waals surface area (Å²) in [5.74, 6) is 1.27. The maximum atomic E-state index is 11.9. The first-order chi connectivity index (χ1) is 15.9. The Hall–Kier alpha value is -1.96. The van der Waals surface area contributed by atoms with E-state index in [1.54, 1.807) is 26.4 Å². The number of nitrogens with one attached hydrogen (secondary N) is 3. The van der Waals surface area contributed by atoms with E-state index in [2.05, 4.69) is 22.7 Å². The van der Waals surface area contributed by atoms with Crippen LogP contribution in [0.3, 0.4) is 0 Å². The van der Waals surface area contributed by atoms with Crippen LogP contribution in [0.15, 0.2) is 36.9 Å². The molecule has 0 radical (unpaired) electrons. The number of rotatable bonds is 6. The highest BCUT2D eigenvalue weighted by Crippen LogP contribution is 2.51. The lowest BCUT2D eigenvalue weighted by Gasteiger charge is -2.34. The summed E-state index contributed by atoms with van der Waals surface area (Å²) in [6, 6.07) is 7.36. The summed E-state index contributed by atoms with van der Waals surface area (Å²) in [4.78, 5) is 11.9. The molecule has 2 aromatic carbocycles. The molecule has 9 heteroatoms. The van der Waals surface area contributed by atoms with Gasteiger partial charge < -0.3 is 14.8 Å². The average Bonchev–Trinajstić information content (AvgIpc) is 3.23. The molecule has 2 aliphatic rings. The molecule has 33 heavy (non-hydrogen) atoms. The summed E-state index contributed by atoms with van der Waals surface area (Å²) in [5, 5.41) is 4.55. The highest BCUT2D eigenvalue weighted by molar-refractivity contribution is 6.38. The zero-order valence-electron chi connectivity index (χ0n) is 18.4. The van der Waals surface area contributed by atoms with Crippen molar-refractivity contribution in [3.8, 4) is 11.5 Å². The summed E-state index contributed by atoms with van der Waals surface area (Å²) in [5.41, 5.74) is 9.38. The summed E-state index contributed by atoms with van der Waals surface area (Å²) in [7, 11) is 3.16. The molecular formula is C24H26Cl3N3O3. The van der Waals surface area contributed by atoms with Crippen molar-refractivity contribution in [1.82, 2.24) is 10.9 Å². The summed E-state index contributed by atoms with van der Waals surface area (Å²) >= 11 is 19.7. The summed E-state index contributed by atoms with van der Waals surface area (Å²) in [6.45, 7) is 3.54. The van der Waals surface area contributed by atoms with Gasteiger partial charge in [0.15, 0.2) is 0 Å². The van der Waals surface area contributed by atoms with E-state index in [1.165, 1.54) is 6.08 Å². The monoisotopic (exact) mass is 509 g/mol. The van der Waals surface area contributed by atoms with E-state index in [0.717, 1.165) is 36.1 Å². The molecule has 4 atom stereocenters. The quantitative estimate of drug-likeness (QED) is 0.423. The minimum absolute atomic E-state index is 0.0134. The minimum atomic E-state index is -0.263. The first-order valence-electron chi connectivity index (χ1n) is 10.7. The number of hydrogen-bond acceptors (Lipinski definition) is 5. The molecule has 0 bridgehead atoms. The van der Waals surface area contributed by atoms with E-state index >= 15 is 0 Å². The van der Waals surface area contributed by atoms with E-state index in [-0.39, 0.29) is 23.9 Å². The van der Waals surface area contributed by atoms with Gasteiger partial charge in [-0.15, -0.1) is 0 Å². The molecule has 1 saturated heterocycles. The SMILES string of the molecule is C=CC(=O)Nc1ccc(Cl)cc1C1NNC2C[C@@H](c3c(Cl)c(OC)cc(OC)c3Cl)CCC21. The molecule has 4 rings (SSSR count). The van der Waals surface area contributed by atoms with Crippen LogP contribution in [0.5, 0.6) is 11.5 Å². The zero-order chi connectivity index (χ0) is 23.7. The Bertz CT molecular complexity index is 1050. The van der Waals surface area contributed by atoms with Gasteiger partial charge in [-0.25, -0.2) is 5.43 Å². The van der Waals surface area contributed by atoms with Crippen LogP contribution >= 0.6 is 34.8 Å². The van der Waals surface area contributed by atoms with Crippen LogP contribution in [0.2, 0.25) is 15.1 Å². The topological polar surface area (TPSA) is 71.6 Å². The predicted octanol–water partition coefficient (Wildman–Crippen LogP) is 5.89. The van der Waals surface area contributed by atoms with Crippen molar-refractivity contribution < 1.29 is 14.3 Å². The van der Waals surface area contributed by atoms with Crippen molar-refractivity contribution in [1.29, 1.82) is 0 Å². The van der Waals surface area contributed by atoms with Crippen molar-refractivity contribution >= 4 is 46.4 Å². The third-order valence-corrected chi connectivity index (χ3v) is 7.58. The van der Waals surface area contributed by atoms with Crippen molar-refractivity contribution in [2.45, 2.75) is 37.3 Å². The Kier molecular flexibility index (Phi) is 7.41. The van der Waals surface area contributed by atoms with Crippen molar-refractivity contribution in [2.75, 3.05) is 19.5 Å². The lowest BCUT2D eigenvalue weighted by Crippen LogP contribution is -2.35. The number of benzene rings is 2. The highest BCUT2D eigenvalue weighted by atomic mass is 35.5. The van der Waals surface area contributed by atoms with Gasteiger partial charge in [-0.2, -0.15) is 0 Å². The standard InChI is InChI=1S/C24H26Cl3N3O3/c1-4-20(31)28-16-8-6-13(25)10-15(16)24-14-7-5-12(9-17(14)29-30-24)21-22(26)18(32-2)11-19(33-3)23(21)27/h4,6,8,10-12,14,17,24,29-30H,1,5,7,9H2,2-3H3,(H,28,31)/t12-,14?,17?,24?/m0/s1. The van der Waals surface area contributed by atoms with E-state index in [1.807, 2.05) is 12.1 Å². The largest absolute Gasteiger partial charge is 0.495 e. The maximum absolute atomic E-state index is 11.9. The molecule has 3 N–H and O–H groups in total. The first-order valence-corrected chi connectivity index (χ1v) is 11.8. The molecular weight excluding hydrogens is 485 g/mol. The number of ether oxygens (including phenoxy) is 2. The van der Waals surface area contributed by atoms with Crippen molar-refractivity contribution in [3.63, 3.8) is 0 Å². The lowest BCUT2D eigenvalue weighted by atomic mass is 9.72. The number of hydrogen-bond donors (Lipinski definition) is 3. The number of methoxy groups -OCH3 is 2. The van der Waals surface area contributed by atoms with Gasteiger partial charge in [-0.1, -0.05) is 41.4 Å². The molecule has 176 valence electrons. The number of amides is 1. The van der Waals surface area contributed by atoms with Gasteiger partial charge in [0.2, 0.25) is 5.91 Å². The van der Waals surface area contributed by atoms with Gasteiger partial charge in [0.1, 0.15) is 11.5 Å². The smallest absolute Gasteiger partial charge is 0.247 e. The summed E-state index contributed by atoms with van der Waals surface area (Å²) < 4.78 is 10.9. The molecule has 3 unspecified atom stereocenters. The Morgan fingerprint density at radius 1 is 1.09 bits per heavy atom. The predicted molar refractivity (Wildman–Crippen MR) is 133 cm³/mol. The maximum Gasteiger partial charge on any atom is 0.247 e. The molecule has 1 heterocycles. The van der Waals surface area contributed by atoms with Crippen molar-refractivity contribution in [2.24, 2.45) is 5.92 Å². The Balaban J connectivity index is 1.60. The number of fused-ring (bicyclic) bond motifs is 1. The molecule has 6 nitrogen and oxygen atoms in total. The molecule has 2 fully saturated rings. The lowest BCUT2D eigenvalue weighted by molar-refractivity contribution is -0.111. The van der Waals surface area contributed by atoms with Gasteiger partial charge in [-0.05, 0) is 60.9 Å². The Morgan fingerprint density at radius 3 is 2.42 bits per heavy atom. The fourth-order valence-electron chi connectivity index (χ4n) is 4.98. The van der Waals surface area contributed by atoms with E-state index in [4.69, 9.17) is 44.3 Å². The number of carbonyl (C=O) groups excluding carboxylic acids is 1. The van der Waals surface area contributed by atoms with Gasteiger partial charge in [0, 0.05) is 28.4 Å². The third kappa shape index (κ3) is 4.68. The van der Waals surface area contributed by atoms with Crippen molar-refractivity contribution in [3.05, 3.63) is 63.1 Å². The van der Waals surface area contributed by atoms with Crippen LogP contribution in [0.1, 0.15) is 42.3 Å². The van der Waals surface area contributed by atoms with Crippen LogP contribution in [-0.4, -0.2) is 26.2 Å². The Morgan fingerprint density at radius 2 is 1.79 bits per heavy atom. The highest BCUT2D eigenvalue weighted by Gasteiger charge is 2.43. The molecule has 1 saturated carbocycles. The Labute approximate surface area is 208 Å². The minimum Gasteiger partial charge on any atom is -0.495 e. The number of halogens is 3. The van der Waals surface area contributed by atoms with Crippen LogP contribution in [0.4, 0.5) is 5.69 Å². The van der Waals surface area contributed by atoms with Crippen LogP contribution in [-0.2, 0) is 4.79 Å². The normalized spacial score (nSPS) is 24.2. The number of anilines is 1. The number of hydrazine groups is 1. The van der Waals surface area contributed by atoms with Gasteiger partial charge >= 0.3 is 0 Å². The second-order valence-electron chi connectivity index (χ2n) is 8.29. The second-order valence-corrected chi connectivity index (χ2v) is 9.49. The van der Waals surface area contributed by atoms with Crippen LogP contribution < -0.4 is 25.6 Å². The molecule has 1 amide bonds. The fourth-order valence-corrected chi connectivity index (χ4v) is 5.97. The van der Waals surface area contributed by atoms with E-state index in [9.17, 15) is 4.79 Å². The average molecular weight is 511 g/mol. The van der Waals surface area contributed by atoms with E-state index < -0.39 is 0 Å². The second kappa shape index (κ2) is 10.1. The molecule has 2 aromatic rings.